The zero-order chi connectivity index (χ0) is 22.8. The number of nitrogens with one attached hydrogen (secondary N) is 1. The minimum absolute atomic E-state index is 0.214. The summed E-state index contributed by atoms with van der Waals surface area (Å²) >= 11 is 0. The van der Waals surface area contributed by atoms with Gasteiger partial charge >= 0.3 is 0 Å². The van der Waals surface area contributed by atoms with Crippen molar-refractivity contribution in [3.63, 3.8) is 0 Å². The third kappa shape index (κ3) is 4.79. The Hall–Kier alpha value is -3.18. The summed E-state index contributed by atoms with van der Waals surface area (Å²) in [6, 6.07) is 9.05. The number of hydrogen-bond donors (Lipinski definition) is 1. The van der Waals surface area contributed by atoms with E-state index in [4.69, 9.17) is 4.74 Å². The molecule has 33 heavy (non-hydrogen) atoms. The number of anilines is 2. The first-order valence-electron chi connectivity index (χ1n) is 11.9. The molecule has 0 amide bonds. The maximum Gasteiger partial charge on any atom is 0.148 e. The van der Waals surface area contributed by atoms with Gasteiger partial charge in [-0.15, -0.1) is 5.10 Å². The number of hydrogen-bond acceptors (Lipinski definition) is 7. The third-order valence-electron chi connectivity index (χ3n) is 6.91. The fourth-order valence-electron chi connectivity index (χ4n) is 5.16. The van der Waals surface area contributed by atoms with Gasteiger partial charge in [0.25, 0.3) is 0 Å². The van der Waals surface area contributed by atoms with Gasteiger partial charge < -0.3 is 15.0 Å². The second-order valence-electron chi connectivity index (χ2n) is 9.44. The van der Waals surface area contributed by atoms with Crippen LogP contribution in [0.1, 0.15) is 49.4 Å². The SMILES string of the molecule is Cc1ccc(NC2CCC(Cc3cc(N4CCO[C@H](C)C4)cn4ncc(C#N)c34)CC2)nn1. The van der Waals surface area contributed by atoms with Crippen molar-refractivity contribution < 1.29 is 4.74 Å². The van der Waals surface area contributed by atoms with Crippen LogP contribution in [0.15, 0.2) is 30.6 Å². The number of aromatic nitrogens is 4. The highest BCUT2D eigenvalue weighted by atomic mass is 16.5. The molecule has 1 N–H and O–H groups in total. The number of pyridine rings is 1. The van der Waals surface area contributed by atoms with Gasteiger partial charge in [-0.2, -0.15) is 15.5 Å². The van der Waals surface area contributed by atoms with Gasteiger partial charge in [0.2, 0.25) is 0 Å². The molecule has 3 aromatic rings. The molecule has 3 aromatic heterocycles. The van der Waals surface area contributed by atoms with Crippen LogP contribution in [-0.2, 0) is 11.2 Å². The van der Waals surface area contributed by atoms with Crippen LogP contribution in [0.4, 0.5) is 11.5 Å². The average molecular weight is 446 g/mol. The Morgan fingerprint density at radius 2 is 2.06 bits per heavy atom. The molecular weight excluding hydrogens is 414 g/mol. The lowest BCUT2D eigenvalue weighted by Gasteiger charge is -2.33. The smallest absolute Gasteiger partial charge is 0.148 e. The molecule has 1 saturated carbocycles. The van der Waals surface area contributed by atoms with E-state index in [-0.39, 0.29) is 6.10 Å². The molecule has 1 saturated heterocycles. The van der Waals surface area contributed by atoms with Crippen molar-refractivity contribution in [1.29, 1.82) is 5.26 Å². The Kier molecular flexibility index (Phi) is 6.14. The van der Waals surface area contributed by atoms with Gasteiger partial charge in [0.15, 0.2) is 0 Å². The fraction of sp³-hybridized carbons (Fsp3) is 0.520. The van der Waals surface area contributed by atoms with Crippen molar-refractivity contribution in [2.24, 2.45) is 5.92 Å². The Bertz CT molecular complexity index is 1140. The highest BCUT2D eigenvalue weighted by molar-refractivity contribution is 5.69. The van der Waals surface area contributed by atoms with Crippen LogP contribution in [0.5, 0.6) is 0 Å². The molecule has 1 aliphatic carbocycles. The van der Waals surface area contributed by atoms with E-state index >= 15 is 0 Å². The van der Waals surface area contributed by atoms with Crippen LogP contribution in [0.25, 0.3) is 5.52 Å². The Morgan fingerprint density at radius 3 is 2.79 bits per heavy atom. The largest absolute Gasteiger partial charge is 0.375 e. The van der Waals surface area contributed by atoms with E-state index in [1.165, 1.54) is 5.56 Å². The van der Waals surface area contributed by atoms with E-state index in [1.54, 1.807) is 6.20 Å². The molecule has 172 valence electrons. The van der Waals surface area contributed by atoms with Gasteiger partial charge in [0, 0.05) is 19.1 Å². The number of ether oxygens (including phenoxy) is 1. The Labute approximate surface area is 194 Å². The van der Waals surface area contributed by atoms with Crippen molar-refractivity contribution in [1.82, 2.24) is 19.8 Å². The summed E-state index contributed by atoms with van der Waals surface area (Å²) in [6.45, 7) is 6.55. The van der Waals surface area contributed by atoms with Crippen LogP contribution in [0.3, 0.4) is 0 Å². The van der Waals surface area contributed by atoms with Crippen molar-refractivity contribution in [3.8, 4) is 6.07 Å². The van der Waals surface area contributed by atoms with Crippen molar-refractivity contribution in [2.45, 2.75) is 58.1 Å². The number of rotatable bonds is 5. The molecule has 0 unspecified atom stereocenters. The first-order valence-corrected chi connectivity index (χ1v) is 11.9. The lowest BCUT2D eigenvalue weighted by atomic mass is 9.82. The lowest BCUT2D eigenvalue weighted by molar-refractivity contribution is 0.0532. The standard InChI is InChI=1S/C25H31N7O/c1-17-3-8-24(30-29-17)28-22-6-4-19(5-7-22)11-20-12-23(31-9-10-33-18(2)15-31)16-32-25(20)21(13-26)14-27-32/h3,8,12,14,16,18-19,22H,4-7,9-11,15H2,1-2H3,(H,28,30)/t18-,19?,22?/m1/s1. The Balaban J connectivity index is 1.31. The van der Waals surface area contributed by atoms with Crippen LogP contribution in [0, 0.1) is 24.2 Å². The zero-order valence-corrected chi connectivity index (χ0v) is 19.4. The van der Waals surface area contributed by atoms with Crippen molar-refractivity contribution in [3.05, 3.63) is 47.4 Å². The molecule has 8 heteroatoms. The number of fused-ring (bicyclic) bond motifs is 1. The summed E-state index contributed by atoms with van der Waals surface area (Å²) in [6.07, 6.45) is 9.45. The van der Waals surface area contributed by atoms with E-state index in [0.717, 1.165) is 74.5 Å². The molecule has 1 atom stereocenters. The van der Waals surface area contributed by atoms with E-state index < -0.39 is 0 Å². The van der Waals surface area contributed by atoms with Crippen LogP contribution >= 0.6 is 0 Å². The third-order valence-corrected chi connectivity index (χ3v) is 6.91. The predicted molar refractivity (Wildman–Crippen MR) is 127 cm³/mol. The minimum Gasteiger partial charge on any atom is -0.375 e. The second-order valence-corrected chi connectivity index (χ2v) is 9.44. The van der Waals surface area contributed by atoms with Crippen molar-refractivity contribution in [2.75, 3.05) is 29.9 Å². The predicted octanol–water partition coefficient (Wildman–Crippen LogP) is 3.74. The number of aryl methyl sites for hydroxylation is 1. The molecule has 0 radical (unpaired) electrons. The van der Waals surface area contributed by atoms with Gasteiger partial charge in [0.1, 0.15) is 11.9 Å². The normalized spacial score (nSPS) is 23.4. The molecule has 0 spiro atoms. The second kappa shape index (κ2) is 9.36. The summed E-state index contributed by atoms with van der Waals surface area (Å²) in [5.74, 6) is 1.45. The van der Waals surface area contributed by atoms with E-state index in [2.05, 4.69) is 50.8 Å². The van der Waals surface area contributed by atoms with Gasteiger partial charge in [0.05, 0.1) is 47.6 Å². The average Bonchev–Trinajstić information content (AvgIpc) is 3.25. The lowest BCUT2D eigenvalue weighted by Crippen LogP contribution is -2.41. The van der Waals surface area contributed by atoms with Crippen molar-refractivity contribution >= 4 is 17.0 Å². The van der Waals surface area contributed by atoms with Gasteiger partial charge in [-0.05, 0) is 75.6 Å². The van der Waals surface area contributed by atoms with E-state index in [0.29, 0.717) is 17.5 Å². The maximum absolute atomic E-state index is 9.65. The number of morpholine rings is 1. The fourth-order valence-corrected chi connectivity index (χ4v) is 5.16. The number of nitrogens with zero attached hydrogens (tertiary/aromatic N) is 6. The maximum atomic E-state index is 9.65. The highest BCUT2D eigenvalue weighted by Gasteiger charge is 2.25. The van der Waals surface area contributed by atoms with Crippen LogP contribution in [0.2, 0.25) is 0 Å². The topological polar surface area (TPSA) is 91.4 Å². The molecular formula is C25H31N7O. The minimum atomic E-state index is 0.214. The molecule has 8 nitrogen and oxygen atoms in total. The molecule has 5 rings (SSSR count). The first-order chi connectivity index (χ1) is 16.1. The van der Waals surface area contributed by atoms with Gasteiger partial charge in [-0.25, -0.2) is 4.52 Å². The monoisotopic (exact) mass is 445 g/mol. The van der Waals surface area contributed by atoms with Gasteiger partial charge in [-0.1, -0.05) is 0 Å². The summed E-state index contributed by atoms with van der Waals surface area (Å²) < 4.78 is 7.62. The van der Waals surface area contributed by atoms with E-state index in [9.17, 15) is 5.26 Å². The quantitative estimate of drug-likeness (QED) is 0.640. The Morgan fingerprint density at radius 1 is 1.21 bits per heavy atom. The zero-order valence-electron chi connectivity index (χ0n) is 19.4. The summed E-state index contributed by atoms with van der Waals surface area (Å²) in [7, 11) is 0. The molecule has 2 aliphatic rings. The number of nitriles is 1. The van der Waals surface area contributed by atoms with Gasteiger partial charge in [-0.3, -0.25) is 0 Å². The van der Waals surface area contributed by atoms with Crippen LogP contribution in [-0.4, -0.2) is 51.7 Å². The highest BCUT2D eigenvalue weighted by Crippen LogP contribution is 2.32. The molecule has 2 fully saturated rings. The molecule has 4 heterocycles. The molecule has 1 aliphatic heterocycles. The van der Waals surface area contributed by atoms with Crippen LogP contribution < -0.4 is 10.2 Å². The molecule has 0 bridgehead atoms. The summed E-state index contributed by atoms with van der Waals surface area (Å²) in [4.78, 5) is 2.37. The summed E-state index contributed by atoms with van der Waals surface area (Å²) in [5, 5.41) is 26.1. The first kappa shape index (κ1) is 21.7. The molecule has 0 aromatic carbocycles. The van der Waals surface area contributed by atoms with E-state index in [1.807, 2.05) is 23.6 Å². The summed E-state index contributed by atoms with van der Waals surface area (Å²) in [5.41, 5.74) is 4.92.